The van der Waals surface area contributed by atoms with Crippen molar-refractivity contribution in [3.63, 3.8) is 0 Å². The summed E-state index contributed by atoms with van der Waals surface area (Å²) in [6.07, 6.45) is 2.19. The van der Waals surface area contributed by atoms with E-state index in [1.165, 1.54) is 12.1 Å². The van der Waals surface area contributed by atoms with Gasteiger partial charge in [-0.1, -0.05) is 12.1 Å². The molecule has 0 saturated carbocycles. The minimum Gasteiger partial charge on any atom is -0.349 e. The predicted molar refractivity (Wildman–Crippen MR) is 77.6 cm³/mol. The van der Waals surface area contributed by atoms with Crippen molar-refractivity contribution in [3.8, 4) is 0 Å². The first-order chi connectivity index (χ1) is 9.50. The molecule has 0 heterocycles. The Labute approximate surface area is 118 Å². The van der Waals surface area contributed by atoms with Crippen LogP contribution in [0.25, 0.3) is 0 Å². The number of carbonyl (C=O) groups excluding carboxylic acids is 1. The molecule has 1 amide bonds. The molecule has 0 aliphatic heterocycles. The molecule has 0 bridgehead atoms. The fourth-order valence-corrected chi connectivity index (χ4v) is 1.73. The third-order valence-electron chi connectivity index (χ3n) is 2.98. The van der Waals surface area contributed by atoms with Gasteiger partial charge in [0.2, 0.25) is 5.91 Å². The van der Waals surface area contributed by atoms with Crippen molar-refractivity contribution in [1.82, 2.24) is 10.2 Å². The number of hydrogen-bond acceptors (Lipinski definition) is 4. The van der Waals surface area contributed by atoms with Crippen LogP contribution in [0.4, 0.5) is 5.69 Å². The van der Waals surface area contributed by atoms with Crippen molar-refractivity contribution in [2.24, 2.45) is 0 Å². The number of carbonyl (C=O) groups is 1. The van der Waals surface area contributed by atoms with Crippen LogP contribution in [0.15, 0.2) is 24.3 Å². The molecule has 0 spiro atoms. The Bertz CT molecular complexity index is 443. The van der Waals surface area contributed by atoms with Gasteiger partial charge in [0.25, 0.3) is 5.69 Å². The lowest BCUT2D eigenvalue weighted by Crippen LogP contribution is -2.24. The van der Waals surface area contributed by atoms with Gasteiger partial charge in [0.05, 0.1) is 4.92 Å². The van der Waals surface area contributed by atoms with Gasteiger partial charge in [-0.05, 0) is 31.5 Å². The van der Waals surface area contributed by atoms with Gasteiger partial charge in [-0.2, -0.15) is 0 Å². The highest BCUT2D eigenvalue weighted by Crippen LogP contribution is 2.11. The Morgan fingerprint density at radius 1 is 1.25 bits per heavy atom. The minimum atomic E-state index is -0.399. The number of nitro groups is 1. The number of benzene rings is 1. The summed E-state index contributed by atoms with van der Waals surface area (Å²) in [5, 5.41) is 13.8. The van der Waals surface area contributed by atoms with E-state index in [1.807, 2.05) is 0 Å². The summed E-state index contributed by atoms with van der Waals surface area (Å²) in [5.74, 6) is 0.141. The molecule has 20 heavy (non-hydrogen) atoms. The average Bonchev–Trinajstić information content (AvgIpc) is 2.42. The molecule has 1 aromatic rings. The highest BCUT2D eigenvalue weighted by molar-refractivity contribution is 5.75. The number of nitro benzene ring substituents is 1. The number of nitrogens with one attached hydrogen (secondary N) is 1. The van der Waals surface area contributed by atoms with Crippen LogP contribution in [0.1, 0.15) is 18.4 Å². The molecule has 0 aliphatic carbocycles. The van der Waals surface area contributed by atoms with Gasteiger partial charge in [-0.3, -0.25) is 14.9 Å². The van der Waals surface area contributed by atoms with E-state index in [2.05, 4.69) is 5.32 Å². The number of nitrogens with zero attached hydrogens (tertiary/aromatic N) is 2. The minimum absolute atomic E-state index is 0.115. The van der Waals surface area contributed by atoms with E-state index in [-0.39, 0.29) is 11.6 Å². The molecule has 1 rings (SSSR count). The van der Waals surface area contributed by atoms with Crippen molar-refractivity contribution in [2.45, 2.75) is 19.3 Å². The van der Waals surface area contributed by atoms with Crippen LogP contribution in [-0.2, 0) is 11.2 Å². The molecule has 0 aliphatic rings. The van der Waals surface area contributed by atoms with E-state index in [4.69, 9.17) is 0 Å². The average molecular weight is 279 g/mol. The highest BCUT2D eigenvalue weighted by atomic mass is 16.6. The molecule has 0 saturated heterocycles. The summed E-state index contributed by atoms with van der Waals surface area (Å²) in [4.78, 5) is 23.0. The molecule has 6 heteroatoms. The summed E-state index contributed by atoms with van der Waals surface area (Å²) in [7, 11) is 3.51. The molecule has 1 aromatic carbocycles. The Hall–Kier alpha value is -1.95. The molecule has 110 valence electrons. The zero-order valence-electron chi connectivity index (χ0n) is 12.0. The van der Waals surface area contributed by atoms with Crippen molar-refractivity contribution in [3.05, 3.63) is 39.9 Å². The maximum Gasteiger partial charge on any atom is 0.269 e. The van der Waals surface area contributed by atoms with E-state index in [0.717, 1.165) is 31.5 Å². The van der Waals surface area contributed by atoms with Crippen LogP contribution in [0.3, 0.4) is 0 Å². The van der Waals surface area contributed by atoms with Crippen molar-refractivity contribution >= 4 is 11.6 Å². The topological polar surface area (TPSA) is 75.5 Å². The molecule has 1 N–H and O–H groups in total. The second-order valence-electron chi connectivity index (χ2n) is 4.82. The third kappa shape index (κ3) is 5.79. The van der Waals surface area contributed by atoms with Crippen LogP contribution in [0, 0.1) is 10.1 Å². The Morgan fingerprint density at radius 2 is 1.90 bits per heavy atom. The smallest absolute Gasteiger partial charge is 0.269 e. The van der Waals surface area contributed by atoms with Crippen LogP contribution in [-0.4, -0.2) is 42.9 Å². The van der Waals surface area contributed by atoms with Crippen LogP contribution >= 0.6 is 0 Å². The van der Waals surface area contributed by atoms with Gasteiger partial charge in [0.1, 0.15) is 0 Å². The van der Waals surface area contributed by atoms with Gasteiger partial charge in [-0.25, -0.2) is 0 Å². The molecule has 0 fully saturated rings. The van der Waals surface area contributed by atoms with Gasteiger partial charge in [0.15, 0.2) is 0 Å². The normalized spacial score (nSPS) is 10.3. The molecule has 0 radical (unpaired) electrons. The SMILES string of the molecule is CN(C)C(=O)CCCNCCc1ccc([N+](=O)[O-])cc1. The monoisotopic (exact) mass is 279 g/mol. The van der Waals surface area contributed by atoms with Crippen LogP contribution in [0.5, 0.6) is 0 Å². The van der Waals surface area contributed by atoms with Gasteiger partial charge in [-0.15, -0.1) is 0 Å². The lowest BCUT2D eigenvalue weighted by Gasteiger charge is -2.10. The molecule has 0 unspecified atom stereocenters. The van der Waals surface area contributed by atoms with Crippen molar-refractivity contribution in [2.75, 3.05) is 27.2 Å². The Balaban J connectivity index is 2.15. The summed E-state index contributed by atoms with van der Waals surface area (Å²) in [5.41, 5.74) is 1.18. The summed E-state index contributed by atoms with van der Waals surface area (Å²) >= 11 is 0. The first kappa shape index (κ1) is 16.1. The summed E-state index contributed by atoms with van der Waals surface area (Å²) in [6.45, 7) is 1.60. The Morgan fingerprint density at radius 3 is 2.45 bits per heavy atom. The zero-order valence-corrected chi connectivity index (χ0v) is 12.0. The quantitative estimate of drug-likeness (QED) is 0.445. The second-order valence-corrected chi connectivity index (χ2v) is 4.82. The second kappa shape index (κ2) is 8.27. The number of hydrogen-bond donors (Lipinski definition) is 1. The van der Waals surface area contributed by atoms with E-state index in [9.17, 15) is 14.9 Å². The standard InChI is InChI=1S/C14H21N3O3/c1-16(2)14(18)4-3-10-15-11-9-12-5-7-13(8-6-12)17(19)20/h5-8,15H,3-4,9-11H2,1-2H3. The van der Waals surface area contributed by atoms with E-state index in [1.54, 1.807) is 31.1 Å². The van der Waals surface area contributed by atoms with Crippen molar-refractivity contribution < 1.29 is 9.72 Å². The van der Waals surface area contributed by atoms with Crippen LogP contribution in [0.2, 0.25) is 0 Å². The number of rotatable bonds is 8. The highest BCUT2D eigenvalue weighted by Gasteiger charge is 2.04. The Kier molecular flexibility index (Phi) is 6.66. The molecule has 6 nitrogen and oxygen atoms in total. The van der Waals surface area contributed by atoms with Gasteiger partial charge in [0, 0.05) is 32.6 Å². The van der Waals surface area contributed by atoms with E-state index < -0.39 is 4.92 Å². The lowest BCUT2D eigenvalue weighted by atomic mass is 10.1. The maximum atomic E-state index is 11.3. The largest absolute Gasteiger partial charge is 0.349 e. The molecular formula is C14H21N3O3. The summed E-state index contributed by atoms with van der Waals surface area (Å²) < 4.78 is 0. The fourth-order valence-electron chi connectivity index (χ4n) is 1.73. The molecular weight excluding hydrogens is 258 g/mol. The maximum absolute atomic E-state index is 11.3. The number of amides is 1. The van der Waals surface area contributed by atoms with Crippen LogP contribution < -0.4 is 5.32 Å². The van der Waals surface area contributed by atoms with E-state index in [0.29, 0.717) is 6.42 Å². The third-order valence-corrected chi connectivity index (χ3v) is 2.98. The first-order valence-corrected chi connectivity index (χ1v) is 6.65. The van der Waals surface area contributed by atoms with E-state index >= 15 is 0 Å². The predicted octanol–water partition coefficient (Wildman–Crippen LogP) is 1.60. The molecule has 0 aromatic heterocycles. The first-order valence-electron chi connectivity index (χ1n) is 6.65. The number of non-ortho nitro benzene ring substituents is 1. The van der Waals surface area contributed by atoms with Gasteiger partial charge >= 0.3 is 0 Å². The lowest BCUT2D eigenvalue weighted by molar-refractivity contribution is -0.384. The fraction of sp³-hybridized carbons (Fsp3) is 0.500. The van der Waals surface area contributed by atoms with Crippen molar-refractivity contribution in [1.29, 1.82) is 0 Å². The zero-order chi connectivity index (χ0) is 15.0. The molecule has 0 atom stereocenters. The van der Waals surface area contributed by atoms with Gasteiger partial charge < -0.3 is 10.2 Å². The summed E-state index contributed by atoms with van der Waals surface area (Å²) in [6, 6.07) is 6.58.